The summed E-state index contributed by atoms with van der Waals surface area (Å²) in [5.41, 5.74) is 34.8. The van der Waals surface area contributed by atoms with Crippen molar-refractivity contribution in [2.45, 2.75) is 0 Å². The van der Waals surface area contributed by atoms with Crippen LogP contribution in [0.1, 0.15) is 0 Å². The molecule has 0 atom stereocenters. The maximum absolute atomic E-state index is 2.63. The summed E-state index contributed by atoms with van der Waals surface area (Å²) in [7, 11) is 2.27. The molecule has 0 amide bonds. The van der Waals surface area contributed by atoms with E-state index >= 15 is 0 Å². The molecule has 0 unspecified atom stereocenters. The number of anilines is 2. The minimum Gasteiger partial charge on any atom is -0.344 e. The van der Waals surface area contributed by atoms with Crippen LogP contribution in [0, 0.1) is 0 Å². The van der Waals surface area contributed by atoms with Gasteiger partial charge in [0.25, 0.3) is 6.71 Å². The highest BCUT2D eigenvalue weighted by Crippen LogP contribution is 2.47. The molecule has 15 aromatic carbocycles. The van der Waals surface area contributed by atoms with Crippen molar-refractivity contribution in [2.24, 2.45) is 0 Å². The number of hydrogen-bond donors (Lipinski definition) is 0. The number of para-hydroxylation sites is 2. The molecule has 0 radical (unpaired) electrons. The van der Waals surface area contributed by atoms with Gasteiger partial charge in [0.1, 0.15) is 0 Å². The normalized spacial score (nSPS) is 12.0. The first kappa shape index (κ1) is 54.5. The van der Waals surface area contributed by atoms with Crippen molar-refractivity contribution < 1.29 is 0 Å². The fourth-order valence-electron chi connectivity index (χ4n) is 15.8. The Hall–Kier alpha value is -12.2. The second-order valence-corrected chi connectivity index (χ2v) is 25.5. The standard InChI is InChI=1S/C91H60BN3/c1-93(86-56-69(62-28-12-5-13-29-62)50-51-77(86)68-48-42-65(43-49-68)61-26-10-4-11-27-61)72-57-87-89-88(58-72)95-85-37-21-19-35-79(85)81-53-71(76-33-17-15-31-74(76)67-46-40-64(41-47-67)60-24-8-3-9-25-60)55-83(91(81)95)92(89)82-54-70(52-80-78-34-18-20-36-84(78)94(87)90(80)82)75-32-16-14-30-73(75)66-44-38-63(39-45-66)59-22-6-2-7-23-59/h2-58H,1H3. The molecule has 0 aliphatic carbocycles. The minimum absolute atomic E-state index is 0.160. The zero-order valence-electron chi connectivity index (χ0n) is 52.3. The third kappa shape index (κ3) is 8.83. The van der Waals surface area contributed by atoms with Gasteiger partial charge in [-0.1, -0.05) is 303 Å². The molecule has 442 valence electrons. The van der Waals surface area contributed by atoms with Gasteiger partial charge in [0.2, 0.25) is 0 Å². The van der Waals surface area contributed by atoms with Gasteiger partial charge in [-0.3, -0.25) is 0 Å². The Labute approximate surface area is 553 Å². The summed E-state index contributed by atoms with van der Waals surface area (Å²) in [6, 6.07) is 129. The Morgan fingerprint density at radius 2 is 0.558 bits per heavy atom. The smallest absolute Gasteiger partial charge is 0.252 e. The molecule has 0 spiro atoms. The van der Waals surface area contributed by atoms with Crippen molar-refractivity contribution in [3.8, 4) is 112 Å². The monoisotopic (exact) mass is 1210 g/mol. The van der Waals surface area contributed by atoms with E-state index in [0.29, 0.717) is 0 Å². The predicted octanol–water partition coefficient (Wildman–Crippen LogP) is 21.8. The van der Waals surface area contributed by atoms with E-state index in [9.17, 15) is 0 Å². The highest BCUT2D eigenvalue weighted by molar-refractivity contribution is 7.00. The summed E-state index contributed by atoms with van der Waals surface area (Å²) >= 11 is 0. The first-order valence-electron chi connectivity index (χ1n) is 33.0. The van der Waals surface area contributed by atoms with Crippen LogP contribution < -0.4 is 21.3 Å². The minimum atomic E-state index is -0.160. The van der Waals surface area contributed by atoms with Gasteiger partial charge in [0.05, 0.1) is 11.0 Å². The average molecular weight is 1210 g/mol. The third-order valence-corrected chi connectivity index (χ3v) is 20.3. The van der Waals surface area contributed by atoms with Gasteiger partial charge >= 0.3 is 0 Å². The van der Waals surface area contributed by atoms with Gasteiger partial charge in [-0.15, -0.1) is 0 Å². The Bertz CT molecular complexity index is 5600. The first-order valence-corrected chi connectivity index (χ1v) is 33.0. The summed E-state index contributed by atoms with van der Waals surface area (Å²) in [4.78, 5) is 2.45. The quantitative estimate of drug-likeness (QED) is 0.118. The molecule has 0 fully saturated rings. The lowest BCUT2D eigenvalue weighted by molar-refractivity contribution is 1.12. The summed E-state index contributed by atoms with van der Waals surface area (Å²) in [5, 5.41) is 4.95. The number of nitrogens with zero attached hydrogens (tertiary/aromatic N) is 3. The van der Waals surface area contributed by atoms with E-state index < -0.39 is 0 Å². The Morgan fingerprint density at radius 3 is 0.968 bits per heavy atom. The molecule has 3 nitrogen and oxygen atoms in total. The number of aromatic nitrogens is 2. The average Bonchev–Trinajstić information content (AvgIpc) is 1.57. The fraction of sp³-hybridized carbons (Fsp3) is 0.0110. The van der Waals surface area contributed by atoms with Crippen molar-refractivity contribution >= 4 is 78.1 Å². The SMILES string of the molecule is CN(c1cc2c3c(c1)-n1c4ccccc4c4cc(-c5ccccc5-c5ccc(-c6ccccc6)cc5)cc(c41)B3c1cc(-c3ccccc3-c3ccc(-c4ccccc4)cc3)cc3c4ccccc4n-2c13)c1cc(-c2ccccc2)ccc1-c1ccc(-c2ccccc2)cc1. The maximum Gasteiger partial charge on any atom is 0.252 e. The number of hydrogen-bond acceptors (Lipinski definition) is 1. The summed E-state index contributed by atoms with van der Waals surface area (Å²) in [5.74, 6) is 0. The van der Waals surface area contributed by atoms with Crippen molar-refractivity contribution in [2.75, 3.05) is 11.9 Å². The lowest BCUT2D eigenvalue weighted by Gasteiger charge is -2.36. The highest BCUT2D eigenvalue weighted by Gasteiger charge is 2.42. The van der Waals surface area contributed by atoms with Crippen LogP contribution in [0.15, 0.2) is 346 Å². The zero-order chi connectivity index (χ0) is 62.7. The second kappa shape index (κ2) is 22.0. The third-order valence-electron chi connectivity index (χ3n) is 20.3. The number of fused-ring (bicyclic) bond motifs is 10. The highest BCUT2D eigenvalue weighted by atomic mass is 15.1. The molecule has 0 saturated carbocycles. The van der Waals surface area contributed by atoms with E-state index in [1.165, 1.54) is 160 Å². The molecule has 17 aromatic rings. The van der Waals surface area contributed by atoms with E-state index in [1.54, 1.807) is 0 Å². The van der Waals surface area contributed by atoms with Crippen LogP contribution >= 0.6 is 0 Å². The van der Waals surface area contributed by atoms with Crippen LogP contribution in [0.3, 0.4) is 0 Å². The van der Waals surface area contributed by atoms with Gasteiger partial charge < -0.3 is 14.0 Å². The Kier molecular flexibility index (Phi) is 12.6. The van der Waals surface area contributed by atoms with Crippen molar-refractivity contribution in [1.82, 2.24) is 9.13 Å². The molecule has 0 N–H and O–H groups in total. The Morgan fingerprint density at radius 1 is 0.242 bits per heavy atom. The first-order chi connectivity index (χ1) is 47.0. The van der Waals surface area contributed by atoms with Crippen molar-refractivity contribution in [1.29, 1.82) is 0 Å². The number of rotatable bonds is 11. The molecule has 4 heterocycles. The molecule has 0 bridgehead atoms. The van der Waals surface area contributed by atoms with E-state index in [2.05, 4.69) is 367 Å². The molecule has 2 aliphatic rings. The molecule has 0 saturated heterocycles. The van der Waals surface area contributed by atoms with Crippen molar-refractivity contribution in [3.63, 3.8) is 0 Å². The lowest BCUT2D eigenvalue weighted by atomic mass is 9.34. The zero-order valence-corrected chi connectivity index (χ0v) is 52.3. The lowest BCUT2D eigenvalue weighted by Crippen LogP contribution is -2.59. The van der Waals surface area contributed by atoms with Crippen LogP contribution in [-0.4, -0.2) is 22.9 Å². The van der Waals surface area contributed by atoms with E-state index in [-0.39, 0.29) is 6.71 Å². The summed E-state index contributed by atoms with van der Waals surface area (Å²) in [6.07, 6.45) is 0. The molecule has 19 rings (SSSR count). The van der Waals surface area contributed by atoms with E-state index in [4.69, 9.17) is 0 Å². The second-order valence-electron chi connectivity index (χ2n) is 25.5. The van der Waals surface area contributed by atoms with Gasteiger partial charge in [-0.05, 0) is 153 Å². The molecular weight excluding hydrogens is 1150 g/mol. The van der Waals surface area contributed by atoms with Crippen LogP contribution in [0.2, 0.25) is 0 Å². The predicted molar refractivity (Wildman–Crippen MR) is 403 cm³/mol. The number of benzene rings is 15. The molecule has 2 aromatic heterocycles. The summed E-state index contributed by atoms with van der Waals surface area (Å²) in [6.45, 7) is -0.160. The molecule has 4 heteroatoms. The van der Waals surface area contributed by atoms with Crippen LogP contribution in [-0.2, 0) is 0 Å². The van der Waals surface area contributed by atoms with Crippen LogP contribution in [0.4, 0.5) is 11.4 Å². The largest absolute Gasteiger partial charge is 0.344 e. The molecule has 95 heavy (non-hydrogen) atoms. The van der Waals surface area contributed by atoms with Crippen LogP contribution in [0.5, 0.6) is 0 Å². The van der Waals surface area contributed by atoms with Crippen LogP contribution in [0.25, 0.3) is 155 Å². The maximum atomic E-state index is 2.63. The topological polar surface area (TPSA) is 13.1 Å². The van der Waals surface area contributed by atoms with E-state index in [1.807, 2.05) is 0 Å². The summed E-state index contributed by atoms with van der Waals surface area (Å²) < 4.78 is 5.25. The molecule has 2 aliphatic heterocycles. The fourth-order valence-corrected chi connectivity index (χ4v) is 15.8. The van der Waals surface area contributed by atoms with Gasteiger partial charge in [-0.25, -0.2) is 0 Å². The van der Waals surface area contributed by atoms with E-state index in [0.717, 1.165) is 22.5 Å². The Balaban J connectivity index is 0.870. The van der Waals surface area contributed by atoms with Gasteiger partial charge in [0.15, 0.2) is 0 Å². The van der Waals surface area contributed by atoms with Crippen molar-refractivity contribution in [3.05, 3.63) is 346 Å². The van der Waals surface area contributed by atoms with Gasteiger partial charge in [0, 0.05) is 67.9 Å². The molecular formula is C91H60BN3. The van der Waals surface area contributed by atoms with Gasteiger partial charge in [-0.2, -0.15) is 0 Å².